The summed E-state index contributed by atoms with van der Waals surface area (Å²) in [7, 11) is -8.74. The van der Waals surface area contributed by atoms with E-state index in [1.807, 2.05) is 0 Å². The molecule has 122 valence electrons. The molecule has 0 rings (SSSR count). The van der Waals surface area contributed by atoms with Gasteiger partial charge in [-0.05, 0) is 6.42 Å². The summed E-state index contributed by atoms with van der Waals surface area (Å²) in [5.41, 5.74) is 0. The van der Waals surface area contributed by atoms with Crippen molar-refractivity contribution in [2.75, 3.05) is 11.7 Å². The average molecular weight is 330 g/mol. The zero-order valence-corrected chi connectivity index (χ0v) is 13.7. The second-order valence-corrected chi connectivity index (χ2v) is 8.37. The molecule has 0 aliphatic carbocycles. The third-order valence-corrected chi connectivity index (χ3v) is 5.68. The molecule has 0 aromatic carbocycles. The van der Waals surface area contributed by atoms with E-state index in [0.717, 1.165) is 19.3 Å². The highest BCUT2D eigenvalue weighted by molar-refractivity contribution is 8.03. The van der Waals surface area contributed by atoms with Crippen molar-refractivity contribution in [3.8, 4) is 0 Å². The van der Waals surface area contributed by atoms with Crippen LogP contribution in [0, 0.1) is 0 Å². The molecule has 0 spiro atoms. The van der Waals surface area contributed by atoms with Crippen LogP contribution in [0.3, 0.4) is 0 Å². The van der Waals surface area contributed by atoms with Gasteiger partial charge in [0.1, 0.15) is 0 Å². The van der Waals surface area contributed by atoms with Crippen LogP contribution in [0.15, 0.2) is 0 Å². The van der Waals surface area contributed by atoms with Crippen LogP contribution in [0.25, 0.3) is 0 Å². The Morgan fingerprint density at radius 2 is 1.25 bits per heavy atom. The second kappa shape index (κ2) is 10.5. The van der Waals surface area contributed by atoms with Crippen LogP contribution in [0.4, 0.5) is 0 Å². The fourth-order valence-corrected chi connectivity index (χ4v) is 3.92. The number of hydrogen-bond acceptors (Lipinski definition) is 5. The van der Waals surface area contributed by atoms with Crippen molar-refractivity contribution in [2.24, 2.45) is 0 Å². The minimum Gasteiger partial charge on any atom is -0.285 e. The Hall–Kier alpha value is -0.180. The minimum atomic E-state index is -4.56. The van der Waals surface area contributed by atoms with Gasteiger partial charge in [-0.2, -0.15) is 16.8 Å². The highest BCUT2D eigenvalue weighted by Gasteiger charge is 2.20. The third kappa shape index (κ3) is 14.2. The molecular formula is C12H26O6S2. The molecule has 6 nitrogen and oxygen atoms in total. The molecule has 0 heterocycles. The Kier molecular flexibility index (Phi) is 10.4. The van der Waals surface area contributed by atoms with Gasteiger partial charge < -0.3 is 0 Å². The van der Waals surface area contributed by atoms with Crippen LogP contribution in [-0.4, -0.2) is 33.1 Å². The maximum atomic E-state index is 11.1. The van der Waals surface area contributed by atoms with Gasteiger partial charge >= 0.3 is 0 Å². The van der Waals surface area contributed by atoms with E-state index in [0.29, 0.717) is 6.42 Å². The summed E-state index contributed by atoms with van der Waals surface area (Å²) in [6.45, 7) is 2.14. The van der Waals surface area contributed by atoms with Crippen molar-refractivity contribution < 1.29 is 25.6 Å². The summed E-state index contributed by atoms with van der Waals surface area (Å²) in [6, 6.07) is 0. The predicted octanol–water partition coefficient (Wildman–Crippen LogP) is 2.71. The van der Waals surface area contributed by atoms with Crippen LogP contribution in [-0.2, 0) is 24.4 Å². The zero-order chi connectivity index (χ0) is 15.5. The van der Waals surface area contributed by atoms with E-state index in [1.54, 1.807) is 0 Å². The number of unbranched alkanes of at least 4 members (excludes halogenated alkanes) is 8. The van der Waals surface area contributed by atoms with Gasteiger partial charge in [0.15, 0.2) is 0 Å². The predicted molar refractivity (Wildman–Crippen MR) is 78.5 cm³/mol. The van der Waals surface area contributed by atoms with Crippen LogP contribution >= 0.6 is 0 Å². The smallest absolute Gasteiger partial charge is 0.284 e. The summed E-state index contributed by atoms with van der Waals surface area (Å²) in [6.07, 6.45) is 9.79. The third-order valence-electron chi connectivity index (χ3n) is 2.80. The first-order valence-corrected chi connectivity index (χ1v) is 10.3. The monoisotopic (exact) mass is 330 g/mol. The normalized spacial score (nSPS) is 12.7. The first kappa shape index (κ1) is 19.8. The van der Waals surface area contributed by atoms with Gasteiger partial charge in [0, 0.05) is 0 Å². The van der Waals surface area contributed by atoms with Gasteiger partial charge in [0.2, 0.25) is 5.08 Å². The fraction of sp³-hybridized carbons (Fsp3) is 1.00. The Bertz CT molecular complexity index is 427. The van der Waals surface area contributed by atoms with E-state index >= 15 is 0 Å². The lowest BCUT2D eigenvalue weighted by Crippen LogP contribution is -2.18. The van der Waals surface area contributed by atoms with E-state index < -0.39 is 25.3 Å². The summed E-state index contributed by atoms with van der Waals surface area (Å²) < 4.78 is 56.0. The molecule has 8 heteroatoms. The molecule has 0 saturated carbocycles. The lowest BCUT2D eigenvalue weighted by atomic mass is 10.1. The summed E-state index contributed by atoms with van der Waals surface area (Å²) >= 11 is 0. The van der Waals surface area contributed by atoms with E-state index in [-0.39, 0.29) is 6.61 Å². The van der Waals surface area contributed by atoms with Crippen molar-refractivity contribution in [3.05, 3.63) is 0 Å². The van der Waals surface area contributed by atoms with Crippen molar-refractivity contribution in [1.29, 1.82) is 0 Å². The Balaban J connectivity index is 3.49. The lowest BCUT2D eigenvalue weighted by molar-refractivity contribution is 0.308. The molecule has 0 aromatic rings. The molecular weight excluding hydrogens is 304 g/mol. The molecule has 0 atom stereocenters. The summed E-state index contributed by atoms with van der Waals surface area (Å²) in [4.78, 5) is 0. The summed E-state index contributed by atoms with van der Waals surface area (Å²) in [5, 5.41) is -1.38. The van der Waals surface area contributed by atoms with Gasteiger partial charge in [0.05, 0.1) is 6.61 Å². The minimum absolute atomic E-state index is 0.0340. The number of hydrogen-bond donors (Lipinski definition) is 1. The SMILES string of the molecule is CCCCCCCCCCCOS(=O)(=O)CS(=O)(=O)O. The van der Waals surface area contributed by atoms with E-state index in [2.05, 4.69) is 11.1 Å². The highest BCUT2D eigenvalue weighted by atomic mass is 32.3. The maximum Gasteiger partial charge on any atom is 0.284 e. The average Bonchev–Trinajstić information content (AvgIpc) is 2.28. The van der Waals surface area contributed by atoms with E-state index in [9.17, 15) is 16.8 Å². The van der Waals surface area contributed by atoms with Crippen molar-refractivity contribution >= 4 is 20.2 Å². The molecule has 1 N–H and O–H groups in total. The van der Waals surface area contributed by atoms with Gasteiger partial charge in [-0.25, -0.2) is 0 Å². The first-order valence-electron chi connectivity index (χ1n) is 7.09. The van der Waals surface area contributed by atoms with Gasteiger partial charge in [-0.3, -0.25) is 8.74 Å². The largest absolute Gasteiger partial charge is 0.285 e. The molecule has 0 saturated heterocycles. The van der Waals surface area contributed by atoms with E-state index in [4.69, 9.17) is 4.55 Å². The molecule has 0 aliphatic heterocycles. The molecule has 0 amide bonds. The zero-order valence-electron chi connectivity index (χ0n) is 12.1. The van der Waals surface area contributed by atoms with Crippen LogP contribution in [0.5, 0.6) is 0 Å². The molecule has 0 aromatic heterocycles. The quantitative estimate of drug-likeness (QED) is 0.317. The number of rotatable bonds is 13. The molecule has 20 heavy (non-hydrogen) atoms. The highest BCUT2D eigenvalue weighted by Crippen LogP contribution is 2.10. The topological polar surface area (TPSA) is 97.7 Å². The van der Waals surface area contributed by atoms with Crippen LogP contribution < -0.4 is 0 Å². The molecule has 0 unspecified atom stereocenters. The van der Waals surface area contributed by atoms with E-state index in [1.165, 1.54) is 32.1 Å². The first-order chi connectivity index (χ1) is 9.27. The molecule has 0 bridgehead atoms. The Morgan fingerprint density at radius 1 is 0.800 bits per heavy atom. The van der Waals surface area contributed by atoms with Crippen molar-refractivity contribution in [2.45, 2.75) is 64.7 Å². The van der Waals surface area contributed by atoms with Crippen LogP contribution in [0.2, 0.25) is 0 Å². The standard InChI is InChI=1S/C12H26O6S2/c1-2-3-4-5-6-7-8-9-10-11-18-20(16,17)12-19(13,14)15/h2-12H2,1H3,(H,13,14,15). The van der Waals surface area contributed by atoms with Gasteiger partial charge in [-0.15, -0.1) is 0 Å². The molecule has 0 fully saturated rings. The molecule has 0 radical (unpaired) electrons. The Morgan fingerprint density at radius 3 is 1.70 bits per heavy atom. The van der Waals surface area contributed by atoms with Crippen molar-refractivity contribution in [3.63, 3.8) is 0 Å². The van der Waals surface area contributed by atoms with Gasteiger partial charge in [0.25, 0.3) is 20.2 Å². The maximum absolute atomic E-state index is 11.1. The Labute approximate surface area is 122 Å². The van der Waals surface area contributed by atoms with Crippen LogP contribution in [0.1, 0.15) is 64.7 Å². The summed E-state index contributed by atoms with van der Waals surface area (Å²) in [5.74, 6) is 0. The van der Waals surface area contributed by atoms with Crippen molar-refractivity contribution in [1.82, 2.24) is 0 Å². The van der Waals surface area contributed by atoms with Gasteiger partial charge in [-0.1, -0.05) is 58.3 Å². The lowest BCUT2D eigenvalue weighted by Gasteiger charge is -2.04. The molecule has 0 aliphatic rings. The second-order valence-electron chi connectivity index (χ2n) is 4.91. The fourth-order valence-electron chi connectivity index (χ4n) is 1.82.